The number of aromatic amines is 1. The highest BCUT2D eigenvalue weighted by Crippen LogP contribution is 2.25. The predicted octanol–water partition coefficient (Wildman–Crippen LogP) is 2.98. The summed E-state index contributed by atoms with van der Waals surface area (Å²) in [7, 11) is 0. The van der Waals surface area contributed by atoms with Crippen LogP contribution in [-0.4, -0.2) is 51.9 Å². The summed E-state index contributed by atoms with van der Waals surface area (Å²) < 4.78 is 2.87. The maximum absolute atomic E-state index is 5.35. The van der Waals surface area contributed by atoms with Gasteiger partial charge in [-0.05, 0) is 64.8 Å². The molecule has 2 aliphatic rings. The van der Waals surface area contributed by atoms with E-state index in [2.05, 4.69) is 38.4 Å². The van der Waals surface area contributed by atoms with Gasteiger partial charge in [0.25, 0.3) is 0 Å². The molecular weight excluding hydrogens is 282 g/mol. The zero-order valence-electron chi connectivity index (χ0n) is 13.2. The number of aromatic nitrogens is 3. The van der Waals surface area contributed by atoms with Crippen molar-refractivity contribution >= 4 is 18.2 Å². The van der Waals surface area contributed by atoms with Crippen LogP contribution in [-0.2, 0) is 0 Å². The smallest absolute Gasteiger partial charge is 0.225 e. The molecule has 3 rings (SSSR count). The average molecular weight is 309 g/mol. The highest BCUT2D eigenvalue weighted by molar-refractivity contribution is 7.71. The number of hydrogen-bond donors (Lipinski definition) is 1. The summed E-state index contributed by atoms with van der Waals surface area (Å²) in [6.45, 7) is 9.11. The van der Waals surface area contributed by atoms with Gasteiger partial charge in [0.15, 0.2) is 4.77 Å². The number of anilines is 1. The Hall–Kier alpha value is -0.880. The van der Waals surface area contributed by atoms with Gasteiger partial charge in [-0.1, -0.05) is 6.42 Å². The fourth-order valence-electron chi connectivity index (χ4n) is 3.70. The Morgan fingerprint density at radius 1 is 1.10 bits per heavy atom. The third kappa shape index (κ3) is 3.16. The Bertz CT molecular complexity index is 506. The van der Waals surface area contributed by atoms with Gasteiger partial charge in [-0.3, -0.25) is 4.57 Å². The standard InChI is InChI=1S/C15H27N5S/c1-12(2)20-14(16-17-15(20)21)19-10-6-13(7-11-19)18-8-4-3-5-9-18/h12-13H,3-11H2,1-2H3,(H,17,21). The summed E-state index contributed by atoms with van der Waals surface area (Å²) in [6, 6.07) is 1.13. The van der Waals surface area contributed by atoms with E-state index in [9.17, 15) is 0 Å². The summed E-state index contributed by atoms with van der Waals surface area (Å²) in [5.41, 5.74) is 0. The van der Waals surface area contributed by atoms with Crippen LogP contribution in [0.2, 0.25) is 0 Å². The second-order valence-corrected chi connectivity index (χ2v) is 6.99. The molecule has 3 heterocycles. The zero-order valence-corrected chi connectivity index (χ0v) is 14.0. The minimum absolute atomic E-state index is 0.353. The van der Waals surface area contributed by atoms with Crippen LogP contribution in [0.25, 0.3) is 0 Å². The Morgan fingerprint density at radius 2 is 1.76 bits per heavy atom. The third-order valence-electron chi connectivity index (χ3n) is 4.86. The van der Waals surface area contributed by atoms with E-state index < -0.39 is 0 Å². The first kappa shape index (κ1) is 15.0. The minimum Gasteiger partial charge on any atom is -0.341 e. The maximum Gasteiger partial charge on any atom is 0.225 e. The van der Waals surface area contributed by atoms with E-state index >= 15 is 0 Å². The van der Waals surface area contributed by atoms with Gasteiger partial charge >= 0.3 is 0 Å². The van der Waals surface area contributed by atoms with Gasteiger partial charge in [0.05, 0.1) is 0 Å². The van der Waals surface area contributed by atoms with Crippen LogP contribution in [0.15, 0.2) is 0 Å². The van der Waals surface area contributed by atoms with E-state index in [-0.39, 0.29) is 0 Å². The van der Waals surface area contributed by atoms with Crippen molar-refractivity contribution in [2.45, 2.75) is 58.0 Å². The highest BCUT2D eigenvalue weighted by atomic mass is 32.1. The van der Waals surface area contributed by atoms with Gasteiger partial charge in [0.2, 0.25) is 5.95 Å². The number of H-pyrrole nitrogens is 1. The molecule has 2 fully saturated rings. The van der Waals surface area contributed by atoms with E-state index in [1.165, 1.54) is 45.2 Å². The number of rotatable bonds is 3. The highest BCUT2D eigenvalue weighted by Gasteiger charge is 2.27. The lowest BCUT2D eigenvalue weighted by molar-refractivity contribution is 0.141. The van der Waals surface area contributed by atoms with Crippen LogP contribution >= 0.6 is 12.2 Å². The van der Waals surface area contributed by atoms with Gasteiger partial charge in [-0.2, -0.15) is 0 Å². The first-order chi connectivity index (χ1) is 10.2. The lowest BCUT2D eigenvalue weighted by Crippen LogP contribution is -2.47. The Labute approximate surface area is 132 Å². The van der Waals surface area contributed by atoms with Crippen molar-refractivity contribution in [1.29, 1.82) is 0 Å². The van der Waals surface area contributed by atoms with Crippen molar-refractivity contribution in [2.24, 2.45) is 0 Å². The molecule has 2 saturated heterocycles. The predicted molar refractivity (Wildman–Crippen MR) is 88.5 cm³/mol. The fourth-order valence-corrected chi connectivity index (χ4v) is 4.04. The number of likely N-dealkylation sites (tertiary alicyclic amines) is 1. The van der Waals surface area contributed by atoms with E-state index in [0.717, 1.165) is 29.9 Å². The summed E-state index contributed by atoms with van der Waals surface area (Å²) in [5.74, 6) is 1.02. The first-order valence-corrected chi connectivity index (χ1v) is 8.73. The van der Waals surface area contributed by atoms with Gasteiger partial charge < -0.3 is 9.80 Å². The summed E-state index contributed by atoms with van der Waals surface area (Å²) in [6.07, 6.45) is 6.67. The molecule has 0 aromatic carbocycles. The summed E-state index contributed by atoms with van der Waals surface area (Å²) >= 11 is 5.35. The Kier molecular flexibility index (Phi) is 4.64. The van der Waals surface area contributed by atoms with Crippen molar-refractivity contribution in [3.8, 4) is 0 Å². The van der Waals surface area contributed by atoms with Crippen LogP contribution in [0.3, 0.4) is 0 Å². The Morgan fingerprint density at radius 3 is 2.38 bits per heavy atom. The molecule has 0 saturated carbocycles. The van der Waals surface area contributed by atoms with Crippen molar-refractivity contribution < 1.29 is 0 Å². The molecule has 0 aliphatic carbocycles. The lowest BCUT2D eigenvalue weighted by Gasteiger charge is -2.40. The lowest BCUT2D eigenvalue weighted by atomic mass is 10.00. The molecule has 1 aromatic rings. The third-order valence-corrected chi connectivity index (χ3v) is 5.14. The molecule has 1 N–H and O–H groups in total. The van der Waals surface area contributed by atoms with E-state index in [4.69, 9.17) is 12.2 Å². The summed E-state index contributed by atoms with van der Waals surface area (Å²) in [5, 5.41) is 7.41. The zero-order chi connectivity index (χ0) is 14.8. The molecule has 6 heteroatoms. The fraction of sp³-hybridized carbons (Fsp3) is 0.867. The topological polar surface area (TPSA) is 40.1 Å². The maximum atomic E-state index is 5.35. The monoisotopic (exact) mass is 309 g/mol. The molecule has 0 atom stereocenters. The molecule has 0 spiro atoms. The molecule has 0 bridgehead atoms. The normalized spacial score (nSPS) is 22.1. The molecule has 0 unspecified atom stereocenters. The number of nitrogens with zero attached hydrogens (tertiary/aromatic N) is 4. The molecule has 2 aliphatic heterocycles. The number of nitrogens with one attached hydrogen (secondary N) is 1. The van der Waals surface area contributed by atoms with Crippen molar-refractivity contribution in [2.75, 3.05) is 31.1 Å². The van der Waals surface area contributed by atoms with Crippen LogP contribution in [0.1, 0.15) is 52.0 Å². The molecule has 0 amide bonds. The quantitative estimate of drug-likeness (QED) is 0.872. The molecular formula is C15H27N5S. The molecule has 118 valence electrons. The average Bonchev–Trinajstić information content (AvgIpc) is 2.90. The molecule has 1 aromatic heterocycles. The SMILES string of the molecule is CC(C)n1c(N2CCC(N3CCCCC3)CC2)n[nH]c1=S. The van der Waals surface area contributed by atoms with E-state index in [1.54, 1.807) is 0 Å². The number of piperidine rings is 2. The second-order valence-electron chi connectivity index (χ2n) is 6.61. The van der Waals surface area contributed by atoms with Crippen molar-refractivity contribution in [3.63, 3.8) is 0 Å². The van der Waals surface area contributed by atoms with E-state index in [1.807, 2.05) is 0 Å². The van der Waals surface area contributed by atoms with Crippen LogP contribution < -0.4 is 4.90 Å². The largest absolute Gasteiger partial charge is 0.341 e. The van der Waals surface area contributed by atoms with Crippen LogP contribution in [0, 0.1) is 4.77 Å². The van der Waals surface area contributed by atoms with Gasteiger partial charge in [-0.25, -0.2) is 5.10 Å². The van der Waals surface area contributed by atoms with E-state index in [0.29, 0.717) is 6.04 Å². The van der Waals surface area contributed by atoms with Gasteiger partial charge in [-0.15, -0.1) is 5.10 Å². The number of hydrogen-bond acceptors (Lipinski definition) is 4. The molecule has 0 radical (unpaired) electrons. The van der Waals surface area contributed by atoms with Crippen LogP contribution in [0.4, 0.5) is 5.95 Å². The van der Waals surface area contributed by atoms with Crippen LogP contribution in [0.5, 0.6) is 0 Å². The van der Waals surface area contributed by atoms with Crippen molar-refractivity contribution in [3.05, 3.63) is 4.77 Å². The molecule has 5 nitrogen and oxygen atoms in total. The second kappa shape index (κ2) is 6.48. The minimum atomic E-state index is 0.353. The van der Waals surface area contributed by atoms with Gasteiger partial charge in [0.1, 0.15) is 0 Å². The van der Waals surface area contributed by atoms with Gasteiger partial charge in [0, 0.05) is 25.2 Å². The summed E-state index contributed by atoms with van der Waals surface area (Å²) in [4.78, 5) is 5.10. The van der Waals surface area contributed by atoms with Crippen molar-refractivity contribution in [1.82, 2.24) is 19.7 Å². The Balaban J connectivity index is 1.64. The molecule has 21 heavy (non-hydrogen) atoms. The first-order valence-electron chi connectivity index (χ1n) is 8.32.